The molecule has 0 saturated heterocycles. The minimum absolute atomic E-state index is 0.0113. The number of aromatic nitrogens is 2. The van der Waals surface area contributed by atoms with Gasteiger partial charge in [-0.05, 0) is 31.0 Å². The average molecular weight is 337 g/mol. The zero-order valence-corrected chi connectivity index (χ0v) is 14.1. The summed E-state index contributed by atoms with van der Waals surface area (Å²) in [5.41, 5.74) is 2.65. The van der Waals surface area contributed by atoms with Gasteiger partial charge in [-0.3, -0.25) is 0 Å². The first-order valence-electron chi connectivity index (χ1n) is 7.60. The Labute approximate surface area is 135 Å². The van der Waals surface area contributed by atoms with Gasteiger partial charge in [-0.1, -0.05) is 12.1 Å². The van der Waals surface area contributed by atoms with Crippen molar-refractivity contribution in [1.29, 1.82) is 0 Å². The van der Waals surface area contributed by atoms with Crippen LogP contribution in [0.2, 0.25) is 0 Å². The van der Waals surface area contributed by atoms with Crippen molar-refractivity contribution in [3.05, 3.63) is 52.9 Å². The van der Waals surface area contributed by atoms with E-state index in [4.69, 9.17) is 0 Å². The van der Waals surface area contributed by atoms with Gasteiger partial charge in [-0.2, -0.15) is 4.31 Å². The molecule has 2 aromatic rings. The molecule has 0 atom stereocenters. The Morgan fingerprint density at radius 2 is 2.13 bits per heavy atom. The number of nitrogens with zero attached hydrogens (tertiary/aromatic N) is 3. The minimum atomic E-state index is -3.37. The SMILES string of the molecule is Cc1nc2c(n1C)CN(S(=O)(=O)CCc1cccc(F)c1)CC2. The molecule has 0 unspecified atom stereocenters. The number of imidazole rings is 1. The maximum atomic E-state index is 13.2. The summed E-state index contributed by atoms with van der Waals surface area (Å²) in [6.45, 7) is 2.73. The molecule has 0 saturated carbocycles. The highest BCUT2D eigenvalue weighted by molar-refractivity contribution is 7.89. The fourth-order valence-corrected chi connectivity index (χ4v) is 4.34. The summed E-state index contributed by atoms with van der Waals surface area (Å²) in [7, 11) is -1.47. The maximum absolute atomic E-state index is 13.2. The van der Waals surface area contributed by atoms with Gasteiger partial charge in [0.25, 0.3) is 0 Å². The van der Waals surface area contributed by atoms with Crippen LogP contribution < -0.4 is 0 Å². The highest BCUT2D eigenvalue weighted by Crippen LogP contribution is 2.22. The van der Waals surface area contributed by atoms with E-state index in [0.717, 1.165) is 17.2 Å². The van der Waals surface area contributed by atoms with E-state index < -0.39 is 10.0 Å². The number of rotatable bonds is 4. The van der Waals surface area contributed by atoms with Crippen molar-refractivity contribution in [3.63, 3.8) is 0 Å². The van der Waals surface area contributed by atoms with E-state index in [1.54, 1.807) is 12.1 Å². The second kappa shape index (κ2) is 6.05. The molecule has 5 nitrogen and oxygen atoms in total. The molecule has 1 aromatic heterocycles. The van der Waals surface area contributed by atoms with Crippen LogP contribution in [0.3, 0.4) is 0 Å². The molecule has 0 N–H and O–H groups in total. The van der Waals surface area contributed by atoms with Crippen molar-refractivity contribution in [2.75, 3.05) is 12.3 Å². The second-order valence-corrected chi connectivity index (χ2v) is 7.98. The third-order valence-electron chi connectivity index (χ3n) is 4.38. The maximum Gasteiger partial charge on any atom is 0.214 e. The van der Waals surface area contributed by atoms with Crippen molar-refractivity contribution in [2.24, 2.45) is 7.05 Å². The molecule has 0 spiro atoms. The molecule has 124 valence electrons. The molecular weight excluding hydrogens is 317 g/mol. The van der Waals surface area contributed by atoms with E-state index in [1.165, 1.54) is 16.4 Å². The molecular formula is C16H20FN3O2S. The molecule has 0 bridgehead atoms. The van der Waals surface area contributed by atoms with Gasteiger partial charge in [0.2, 0.25) is 10.0 Å². The zero-order chi connectivity index (χ0) is 16.6. The Balaban J connectivity index is 1.72. The molecule has 1 aromatic carbocycles. The van der Waals surface area contributed by atoms with Gasteiger partial charge in [0.15, 0.2) is 0 Å². The third-order valence-corrected chi connectivity index (χ3v) is 6.19. The first kappa shape index (κ1) is 16.1. The molecule has 0 amide bonds. The standard InChI is InChI=1S/C16H20FN3O2S/c1-12-18-15-6-8-20(11-16(15)19(12)2)23(21,22)9-7-13-4-3-5-14(17)10-13/h3-5,10H,6-9,11H2,1-2H3. The van der Waals surface area contributed by atoms with Gasteiger partial charge in [-0.15, -0.1) is 0 Å². The summed E-state index contributed by atoms with van der Waals surface area (Å²) in [6.07, 6.45) is 0.948. The van der Waals surface area contributed by atoms with Gasteiger partial charge in [0.05, 0.1) is 23.7 Å². The van der Waals surface area contributed by atoms with E-state index in [2.05, 4.69) is 4.98 Å². The Morgan fingerprint density at radius 3 is 2.87 bits per heavy atom. The predicted molar refractivity (Wildman–Crippen MR) is 85.9 cm³/mol. The average Bonchev–Trinajstić information content (AvgIpc) is 2.80. The minimum Gasteiger partial charge on any atom is -0.334 e. The number of halogens is 1. The number of hydrogen-bond donors (Lipinski definition) is 0. The predicted octanol–water partition coefficient (Wildman–Crippen LogP) is 1.80. The van der Waals surface area contributed by atoms with Crippen LogP contribution in [0.1, 0.15) is 22.8 Å². The van der Waals surface area contributed by atoms with Crippen molar-refractivity contribution in [1.82, 2.24) is 13.9 Å². The second-order valence-electron chi connectivity index (χ2n) is 5.89. The Hall–Kier alpha value is -1.73. The summed E-state index contributed by atoms with van der Waals surface area (Å²) < 4.78 is 41.8. The lowest BCUT2D eigenvalue weighted by Gasteiger charge is -2.26. The largest absolute Gasteiger partial charge is 0.334 e. The molecule has 1 aliphatic heterocycles. The van der Waals surface area contributed by atoms with Crippen LogP contribution >= 0.6 is 0 Å². The Morgan fingerprint density at radius 1 is 1.35 bits per heavy atom. The normalized spacial score (nSPS) is 15.6. The van der Waals surface area contributed by atoms with Gasteiger partial charge in [0, 0.05) is 20.0 Å². The van der Waals surface area contributed by atoms with Crippen LogP contribution in [0.25, 0.3) is 0 Å². The van der Waals surface area contributed by atoms with Crippen LogP contribution in [-0.2, 0) is 36.5 Å². The Kier molecular flexibility index (Phi) is 4.25. The fraction of sp³-hybridized carbons (Fsp3) is 0.438. The van der Waals surface area contributed by atoms with Crippen LogP contribution in [0, 0.1) is 12.7 Å². The number of benzene rings is 1. The van der Waals surface area contributed by atoms with Crippen LogP contribution in [0.5, 0.6) is 0 Å². The molecule has 1 aliphatic rings. The number of hydrogen-bond acceptors (Lipinski definition) is 3. The van der Waals surface area contributed by atoms with E-state index in [1.807, 2.05) is 18.5 Å². The first-order valence-corrected chi connectivity index (χ1v) is 9.21. The summed E-state index contributed by atoms with van der Waals surface area (Å²) in [6, 6.07) is 6.09. The topological polar surface area (TPSA) is 55.2 Å². The van der Waals surface area contributed by atoms with Crippen molar-refractivity contribution in [3.8, 4) is 0 Å². The number of sulfonamides is 1. The molecule has 3 rings (SSSR count). The summed E-state index contributed by atoms with van der Waals surface area (Å²) in [5.74, 6) is 0.546. The summed E-state index contributed by atoms with van der Waals surface area (Å²) >= 11 is 0. The zero-order valence-electron chi connectivity index (χ0n) is 13.3. The van der Waals surface area contributed by atoms with Crippen LogP contribution in [0.15, 0.2) is 24.3 Å². The van der Waals surface area contributed by atoms with Gasteiger partial charge < -0.3 is 4.57 Å². The number of aryl methyl sites for hydroxylation is 2. The molecule has 7 heteroatoms. The number of fused-ring (bicyclic) bond motifs is 1. The molecule has 0 fully saturated rings. The molecule has 2 heterocycles. The van der Waals surface area contributed by atoms with E-state index >= 15 is 0 Å². The fourth-order valence-electron chi connectivity index (χ4n) is 2.90. The lowest BCUT2D eigenvalue weighted by atomic mass is 10.2. The summed E-state index contributed by atoms with van der Waals surface area (Å²) in [5, 5.41) is 0. The monoisotopic (exact) mass is 337 g/mol. The highest BCUT2D eigenvalue weighted by Gasteiger charge is 2.29. The van der Waals surface area contributed by atoms with Gasteiger partial charge in [-0.25, -0.2) is 17.8 Å². The van der Waals surface area contributed by atoms with Gasteiger partial charge >= 0.3 is 0 Å². The summed E-state index contributed by atoms with van der Waals surface area (Å²) in [4.78, 5) is 4.47. The van der Waals surface area contributed by atoms with E-state index in [-0.39, 0.29) is 11.6 Å². The van der Waals surface area contributed by atoms with Crippen molar-refractivity contribution >= 4 is 10.0 Å². The van der Waals surface area contributed by atoms with Crippen LogP contribution in [0.4, 0.5) is 4.39 Å². The van der Waals surface area contributed by atoms with E-state index in [9.17, 15) is 12.8 Å². The molecule has 0 radical (unpaired) electrons. The molecule has 23 heavy (non-hydrogen) atoms. The quantitative estimate of drug-likeness (QED) is 0.855. The highest BCUT2D eigenvalue weighted by atomic mass is 32.2. The lowest BCUT2D eigenvalue weighted by Crippen LogP contribution is -2.38. The van der Waals surface area contributed by atoms with Crippen LogP contribution in [-0.4, -0.2) is 34.6 Å². The lowest BCUT2D eigenvalue weighted by molar-refractivity contribution is 0.380. The van der Waals surface area contributed by atoms with Crippen molar-refractivity contribution < 1.29 is 12.8 Å². The Bertz CT molecular complexity index is 830. The van der Waals surface area contributed by atoms with Gasteiger partial charge in [0.1, 0.15) is 11.6 Å². The van der Waals surface area contributed by atoms with Crippen molar-refractivity contribution in [2.45, 2.75) is 26.3 Å². The first-order chi connectivity index (χ1) is 10.9. The third kappa shape index (κ3) is 3.30. The molecule has 0 aliphatic carbocycles. The van der Waals surface area contributed by atoms with E-state index in [0.29, 0.717) is 31.5 Å². The smallest absolute Gasteiger partial charge is 0.214 e.